The van der Waals surface area contributed by atoms with Crippen molar-refractivity contribution in [2.45, 2.75) is 51.7 Å². The van der Waals surface area contributed by atoms with Crippen molar-refractivity contribution < 1.29 is 19.1 Å². The molecular weight excluding hydrogens is 208 g/mol. The Morgan fingerprint density at radius 2 is 1.75 bits per heavy atom. The highest BCUT2D eigenvalue weighted by molar-refractivity contribution is 5.67. The zero-order chi connectivity index (χ0) is 11.7. The Balaban J connectivity index is 2.06. The van der Waals surface area contributed by atoms with Gasteiger partial charge < -0.3 is 9.47 Å². The Morgan fingerprint density at radius 1 is 1.06 bits per heavy atom. The first-order valence-corrected chi connectivity index (χ1v) is 5.92. The van der Waals surface area contributed by atoms with Crippen LogP contribution in [0.4, 0.5) is 0 Å². The molecule has 4 heteroatoms. The van der Waals surface area contributed by atoms with E-state index in [2.05, 4.69) is 0 Å². The number of ether oxygens (including phenoxy) is 2. The van der Waals surface area contributed by atoms with Gasteiger partial charge in [0.1, 0.15) is 12.2 Å². The van der Waals surface area contributed by atoms with Crippen LogP contribution in [0.25, 0.3) is 0 Å². The molecule has 2 aliphatic carbocycles. The van der Waals surface area contributed by atoms with E-state index in [1.54, 1.807) is 0 Å². The molecule has 0 N–H and O–H groups in total. The number of carbonyl (C=O) groups is 2. The average molecular weight is 226 g/mol. The SMILES string of the molecule is CC(=O)O[C@H]1[C@@H]2CCC[C@@H]2C[C@H]1OC(C)=O. The van der Waals surface area contributed by atoms with Crippen LogP contribution in [0, 0.1) is 11.8 Å². The van der Waals surface area contributed by atoms with Gasteiger partial charge in [0.25, 0.3) is 0 Å². The lowest BCUT2D eigenvalue weighted by Crippen LogP contribution is -2.33. The van der Waals surface area contributed by atoms with Gasteiger partial charge in [-0.2, -0.15) is 0 Å². The Morgan fingerprint density at radius 3 is 2.38 bits per heavy atom. The van der Waals surface area contributed by atoms with E-state index in [1.807, 2.05) is 0 Å². The molecule has 0 bridgehead atoms. The minimum absolute atomic E-state index is 0.214. The summed E-state index contributed by atoms with van der Waals surface area (Å²) in [6.07, 6.45) is 3.86. The van der Waals surface area contributed by atoms with Gasteiger partial charge in [-0.25, -0.2) is 0 Å². The van der Waals surface area contributed by atoms with Gasteiger partial charge in [0.15, 0.2) is 0 Å². The smallest absolute Gasteiger partial charge is 0.303 e. The Labute approximate surface area is 95.3 Å². The van der Waals surface area contributed by atoms with E-state index < -0.39 is 0 Å². The zero-order valence-electron chi connectivity index (χ0n) is 9.77. The molecule has 0 saturated heterocycles. The van der Waals surface area contributed by atoms with Crippen LogP contribution in [0.3, 0.4) is 0 Å². The molecular formula is C12H18O4. The van der Waals surface area contributed by atoms with Crippen molar-refractivity contribution >= 4 is 11.9 Å². The average Bonchev–Trinajstić information content (AvgIpc) is 2.68. The number of hydrogen-bond donors (Lipinski definition) is 0. The second kappa shape index (κ2) is 4.44. The summed E-state index contributed by atoms with van der Waals surface area (Å²) in [5, 5.41) is 0. The highest BCUT2D eigenvalue weighted by Gasteiger charge is 2.48. The largest absolute Gasteiger partial charge is 0.459 e. The van der Waals surface area contributed by atoms with Crippen molar-refractivity contribution in [2.75, 3.05) is 0 Å². The molecule has 2 rings (SSSR count). The van der Waals surface area contributed by atoms with Crippen molar-refractivity contribution in [3.8, 4) is 0 Å². The monoisotopic (exact) mass is 226 g/mol. The van der Waals surface area contributed by atoms with E-state index in [0.29, 0.717) is 11.8 Å². The Bertz CT molecular complexity index is 299. The maximum absolute atomic E-state index is 11.1. The molecule has 0 radical (unpaired) electrons. The third-order valence-electron chi connectivity index (χ3n) is 3.66. The first-order chi connectivity index (χ1) is 7.58. The number of esters is 2. The topological polar surface area (TPSA) is 52.6 Å². The first kappa shape index (κ1) is 11.4. The summed E-state index contributed by atoms with van der Waals surface area (Å²) >= 11 is 0. The van der Waals surface area contributed by atoms with E-state index >= 15 is 0 Å². The van der Waals surface area contributed by atoms with Gasteiger partial charge in [0.2, 0.25) is 0 Å². The number of carbonyl (C=O) groups excluding carboxylic acids is 2. The van der Waals surface area contributed by atoms with Gasteiger partial charge >= 0.3 is 11.9 Å². The van der Waals surface area contributed by atoms with Gasteiger partial charge in [-0.15, -0.1) is 0 Å². The molecule has 0 aliphatic heterocycles. The van der Waals surface area contributed by atoms with E-state index in [0.717, 1.165) is 12.8 Å². The lowest BCUT2D eigenvalue weighted by atomic mass is 9.99. The molecule has 0 heterocycles. The normalized spacial score (nSPS) is 36.9. The summed E-state index contributed by atoms with van der Waals surface area (Å²) in [4.78, 5) is 22.0. The predicted octanol–water partition coefficient (Wildman–Crippen LogP) is 1.67. The van der Waals surface area contributed by atoms with Crippen LogP contribution in [0.5, 0.6) is 0 Å². The lowest BCUT2D eigenvalue weighted by Gasteiger charge is -2.23. The van der Waals surface area contributed by atoms with E-state index in [-0.39, 0.29) is 24.1 Å². The van der Waals surface area contributed by atoms with Crippen molar-refractivity contribution in [2.24, 2.45) is 11.8 Å². The molecule has 0 aromatic carbocycles. The first-order valence-electron chi connectivity index (χ1n) is 5.92. The fourth-order valence-corrected chi connectivity index (χ4v) is 3.18. The minimum Gasteiger partial charge on any atom is -0.459 e. The summed E-state index contributed by atoms with van der Waals surface area (Å²) < 4.78 is 10.6. The van der Waals surface area contributed by atoms with Crippen LogP contribution in [0.2, 0.25) is 0 Å². The van der Waals surface area contributed by atoms with Crippen LogP contribution in [-0.2, 0) is 19.1 Å². The molecule has 0 aromatic rings. The van der Waals surface area contributed by atoms with Crippen molar-refractivity contribution in [1.29, 1.82) is 0 Å². The third kappa shape index (κ3) is 2.20. The van der Waals surface area contributed by atoms with Crippen molar-refractivity contribution in [3.63, 3.8) is 0 Å². The molecule has 0 amide bonds. The van der Waals surface area contributed by atoms with E-state index in [9.17, 15) is 9.59 Å². The Hall–Kier alpha value is -1.06. The van der Waals surface area contributed by atoms with Crippen molar-refractivity contribution in [1.82, 2.24) is 0 Å². The zero-order valence-corrected chi connectivity index (χ0v) is 9.77. The van der Waals surface area contributed by atoms with Crippen LogP contribution in [0.15, 0.2) is 0 Å². The number of hydrogen-bond acceptors (Lipinski definition) is 4. The molecule has 16 heavy (non-hydrogen) atoms. The maximum atomic E-state index is 11.1. The van der Waals surface area contributed by atoms with Crippen LogP contribution in [0.1, 0.15) is 39.5 Å². The molecule has 4 atom stereocenters. The van der Waals surface area contributed by atoms with Crippen molar-refractivity contribution in [3.05, 3.63) is 0 Å². The number of rotatable bonds is 2. The fraction of sp³-hybridized carbons (Fsp3) is 0.833. The maximum Gasteiger partial charge on any atom is 0.303 e. The lowest BCUT2D eigenvalue weighted by molar-refractivity contribution is -0.165. The minimum atomic E-state index is -0.290. The van der Waals surface area contributed by atoms with Gasteiger partial charge in [-0.05, 0) is 25.2 Å². The molecule has 2 fully saturated rings. The van der Waals surface area contributed by atoms with Crippen LogP contribution >= 0.6 is 0 Å². The Kier molecular flexibility index (Phi) is 3.17. The summed E-state index contributed by atoms with van der Waals surface area (Å²) in [5.41, 5.74) is 0. The summed E-state index contributed by atoms with van der Waals surface area (Å²) in [6, 6.07) is 0. The number of fused-ring (bicyclic) bond motifs is 1. The molecule has 90 valence electrons. The highest BCUT2D eigenvalue weighted by Crippen LogP contribution is 2.46. The fourth-order valence-electron chi connectivity index (χ4n) is 3.18. The van der Waals surface area contributed by atoms with E-state index in [1.165, 1.54) is 26.7 Å². The summed E-state index contributed by atoms with van der Waals surface area (Å²) in [5.74, 6) is 0.388. The predicted molar refractivity (Wildman–Crippen MR) is 56.6 cm³/mol. The molecule has 0 aromatic heterocycles. The standard InChI is InChI=1S/C12H18O4/c1-7(13)15-11-6-9-4-3-5-10(9)12(11)16-8(2)14/h9-12H,3-6H2,1-2H3/t9-,10-,11-,12+/m1/s1. The second-order valence-corrected chi connectivity index (χ2v) is 4.81. The highest BCUT2D eigenvalue weighted by atomic mass is 16.6. The van der Waals surface area contributed by atoms with Gasteiger partial charge in [-0.3, -0.25) is 9.59 Å². The summed E-state index contributed by atoms with van der Waals surface area (Å²) in [6.45, 7) is 2.81. The quantitative estimate of drug-likeness (QED) is 0.672. The van der Waals surface area contributed by atoms with Crippen LogP contribution < -0.4 is 0 Å². The molecule has 2 saturated carbocycles. The van der Waals surface area contributed by atoms with Gasteiger partial charge in [0.05, 0.1) is 0 Å². The molecule has 2 aliphatic rings. The molecule has 4 nitrogen and oxygen atoms in total. The van der Waals surface area contributed by atoms with E-state index in [4.69, 9.17) is 9.47 Å². The van der Waals surface area contributed by atoms with Crippen LogP contribution in [-0.4, -0.2) is 24.1 Å². The molecule has 0 unspecified atom stereocenters. The third-order valence-corrected chi connectivity index (χ3v) is 3.66. The van der Waals surface area contributed by atoms with Gasteiger partial charge in [-0.1, -0.05) is 6.42 Å². The summed E-state index contributed by atoms with van der Waals surface area (Å²) in [7, 11) is 0. The van der Waals surface area contributed by atoms with Gasteiger partial charge in [0, 0.05) is 19.8 Å². The molecule has 0 spiro atoms. The second-order valence-electron chi connectivity index (χ2n) is 4.81.